The van der Waals surface area contributed by atoms with Crippen LogP contribution in [0.1, 0.15) is 49.4 Å². The van der Waals surface area contributed by atoms with Gasteiger partial charge in [0.05, 0.1) is 10.5 Å². The van der Waals surface area contributed by atoms with Crippen LogP contribution < -0.4 is 11.1 Å². The van der Waals surface area contributed by atoms with Crippen molar-refractivity contribution < 1.29 is 9.72 Å². The Morgan fingerprint density at radius 3 is 2.67 bits per heavy atom. The Balaban J connectivity index is 2.09. The lowest BCUT2D eigenvalue weighted by Crippen LogP contribution is -2.39. The van der Waals surface area contributed by atoms with E-state index in [1.807, 2.05) is 6.92 Å². The molecule has 0 aromatic heterocycles. The molecule has 0 spiro atoms. The molecule has 1 saturated carbocycles. The number of para-hydroxylation sites is 1. The van der Waals surface area contributed by atoms with Gasteiger partial charge in [0.15, 0.2) is 0 Å². The summed E-state index contributed by atoms with van der Waals surface area (Å²) >= 11 is 0. The van der Waals surface area contributed by atoms with E-state index in [1.54, 1.807) is 0 Å². The fraction of sp³-hybridized carbons (Fsp3) is 0.533. The van der Waals surface area contributed by atoms with Crippen molar-refractivity contribution in [1.29, 1.82) is 0 Å². The van der Waals surface area contributed by atoms with Gasteiger partial charge in [0, 0.05) is 12.1 Å². The molecule has 2 rings (SSSR count). The SMILES string of the molecule is CC(NC(=O)c1cccc([N+](=O)[O-])c1N)C1CCCCC1. The monoisotopic (exact) mass is 291 g/mol. The minimum atomic E-state index is -0.573. The zero-order valence-electron chi connectivity index (χ0n) is 12.2. The van der Waals surface area contributed by atoms with Gasteiger partial charge in [-0.15, -0.1) is 0 Å². The van der Waals surface area contributed by atoms with Crippen LogP contribution >= 0.6 is 0 Å². The number of nitro groups is 1. The number of hydrogen-bond donors (Lipinski definition) is 2. The number of nitro benzene ring substituents is 1. The fourth-order valence-corrected chi connectivity index (χ4v) is 2.95. The van der Waals surface area contributed by atoms with Gasteiger partial charge in [0.25, 0.3) is 11.6 Å². The van der Waals surface area contributed by atoms with Crippen molar-refractivity contribution >= 4 is 17.3 Å². The van der Waals surface area contributed by atoms with Crippen molar-refractivity contribution in [2.24, 2.45) is 5.92 Å². The molecule has 1 amide bonds. The lowest BCUT2D eigenvalue weighted by molar-refractivity contribution is -0.383. The van der Waals surface area contributed by atoms with Gasteiger partial charge in [0.2, 0.25) is 0 Å². The summed E-state index contributed by atoms with van der Waals surface area (Å²) in [5.41, 5.74) is 5.61. The van der Waals surface area contributed by atoms with Crippen LogP contribution in [-0.2, 0) is 0 Å². The molecule has 1 aliphatic carbocycles. The van der Waals surface area contributed by atoms with Gasteiger partial charge >= 0.3 is 0 Å². The number of nitrogens with one attached hydrogen (secondary N) is 1. The van der Waals surface area contributed by atoms with Gasteiger partial charge in [-0.05, 0) is 31.7 Å². The Hall–Kier alpha value is -2.11. The number of anilines is 1. The summed E-state index contributed by atoms with van der Waals surface area (Å²) in [5, 5.41) is 13.8. The van der Waals surface area contributed by atoms with E-state index in [9.17, 15) is 14.9 Å². The number of hydrogen-bond acceptors (Lipinski definition) is 4. The van der Waals surface area contributed by atoms with Crippen molar-refractivity contribution in [3.8, 4) is 0 Å². The van der Waals surface area contributed by atoms with Crippen LogP contribution in [0.15, 0.2) is 18.2 Å². The topological polar surface area (TPSA) is 98.3 Å². The van der Waals surface area contributed by atoms with Crippen LogP contribution in [0, 0.1) is 16.0 Å². The quantitative estimate of drug-likeness (QED) is 0.506. The summed E-state index contributed by atoms with van der Waals surface area (Å²) in [6, 6.07) is 4.35. The minimum absolute atomic E-state index is 0.0523. The number of nitrogens with zero attached hydrogens (tertiary/aromatic N) is 1. The first-order chi connectivity index (χ1) is 10.0. The molecule has 21 heavy (non-hydrogen) atoms. The molecule has 3 N–H and O–H groups in total. The van der Waals surface area contributed by atoms with Gasteiger partial charge in [0.1, 0.15) is 5.69 Å². The summed E-state index contributed by atoms with van der Waals surface area (Å²) in [6.07, 6.45) is 5.89. The van der Waals surface area contributed by atoms with E-state index in [1.165, 1.54) is 37.5 Å². The van der Waals surface area contributed by atoms with Crippen LogP contribution in [-0.4, -0.2) is 16.9 Å². The number of rotatable bonds is 4. The number of carbonyl (C=O) groups excluding carboxylic acids is 1. The summed E-state index contributed by atoms with van der Waals surface area (Å²) in [6.45, 7) is 1.99. The normalized spacial score (nSPS) is 17.2. The highest BCUT2D eigenvalue weighted by Crippen LogP contribution is 2.28. The highest BCUT2D eigenvalue weighted by atomic mass is 16.6. The molecule has 6 heteroatoms. The zero-order valence-corrected chi connectivity index (χ0v) is 12.2. The number of amides is 1. The molecule has 0 saturated heterocycles. The third-order valence-electron chi connectivity index (χ3n) is 4.24. The molecule has 1 aromatic carbocycles. The average Bonchev–Trinajstić information content (AvgIpc) is 2.47. The van der Waals surface area contributed by atoms with Gasteiger partial charge in [-0.1, -0.05) is 25.3 Å². The lowest BCUT2D eigenvalue weighted by atomic mass is 9.84. The van der Waals surface area contributed by atoms with Crippen molar-refractivity contribution in [1.82, 2.24) is 5.32 Å². The van der Waals surface area contributed by atoms with E-state index in [-0.39, 0.29) is 28.9 Å². The highest BCUT2D eigenvalue weighted by molar-refractivity contribution is 6.01. The van der Waals surface area contributed by atoms with Gasteiger partial charge in [-0.3, -0.25) is 14.9 Å². The smallest absolute Gasteiger partial charge is 0.292 e. The predicted molar refractivity (Wildman–Crippen MR) is 81.0 cm³/mol. The van der Waals surface area contributed by atoms with Crippen molar-refractivity contribution in [3.05, 3.63) is 33.9 Å². The Morgan fingerprint density at radius 2 is 2.05 bits per heavy atom. The van der Waals surface area contributed by atoms with Crippen LogP contribution in [0.3, 0.4) is 0 Å². The number of carbonyl (C=O) groups is 1. The largest absolute Gasteiger partial charge is 0.393 e. The number of nitrogen functional groups attached to an aromatic ring is 1. The maximum Gasteiger partial charge on any atom is 0.292 e. The summed E-state index contributed by atoms with van der Waals surface area (Å²) in [7, 11) is 0. The highest BCUT2D eigenvalue weighted by Gasteiger charge is 2.24. The van der Waals surface area contributed by atoms with E-state index < -0.39 is 4.92 Å². The standard InChI is InChI=1S/C15H21N3O3/c1-10(11-6-3-2-4-7-11)17-15(19)12-8-5-9-13(14(12)16)18(20)21/h5,8-11H,2-4,6-7,16H2,1H3,(H,17,19). The fourth-order valence-electron chi connectivity index (χ4n) is 2.95. The van der Waals surface area contributed by atoms with Crippen molar-refractivity contribution in [2.45, 2.75) is 45.1 Å². The Bertz CT molecular complexity index is 539. The summed E-state index contributed by atoms with van der Waals surface area (Å²) in [5.74, 6) is 0.136. The molecule has 0 bridgehead atoms. The minimum Gasteiger partial charge on any atom is -0.393 e. The molecule has 1 aromatic rings. The molecule has 0 radical (unpaired) electrons. The maximum atomic E-state index is 12.3. The summed E-state index contributed by atoms with van der Waals surface area (Å²) in [4.78, 5) is 22.6. The first-order valence-corrected chi connectivity index (χ1v) is 7.34. The number of benzene rings is 1. The second kappa shape index (κ2) is 6.56. The molecular formula is C15H21N3O3. The Morgan fingerprint density at radius 1 is 1.38 bits per heavy atom. The molecule has 1 unspecified atom stereocenters. The lowest BCUT2D eigenvalue weighted by Gasteiger charge is -2.28. The first-order valence-electron chi connectivity index (χ1n) is 7.34. The van der Waals surface area contributed by atoms with Crippen LogP contribution in [0.2, 0.25) is 0 Å². The average molecular weight is 291 g/mol. The molecule has 1 aliphatic rings. The Labute approximate surface area is 123 Å². The maximum absolute atomic E-state index is 12.3. The molecule has 0 heterocycles. The van der Waals surface area contributed by atoms with E-state index in [0.29, 0.717) is 5.92 Å². The van der Waals surface area contributed by atoms with Crippen molar-refractivity contribution in [2.75, 3.05) is 5.73 Å². The third-order valence-corrected chi connectivity index (χ3v) is 4.24. The van der Waals surface area contributed by atoms with Crippen molar-refractivity contribution in [3.63, 3.8) is 0 Å². The predicted octanol–water partition coefficient (Wildman–Crippen LogP) is 2.88. The first kappa shape index (κ1) is 15.3. The molecule has 114 valence electrons. The van der Waals surface area contributed by atoms with Crippen LogP contribution in [0.25, 0.3) is 0 Å². The second-order valence-corrected chi connectivity index (χ2v) is 5.66. The molecule has 1 fully saturated rings. The van der Waals surface area contributed by atoms with E-state index in [4.69, 9.17) is 5.73 Å². The van der Waals surface area contributed by atoms with Crippen LogP contribution in [0.4, 0.5) is 11.4 Å². The van der Waals surface area contributed by atoms with E-state index in [2.05, 4.69) is 5.32 Å². The van der Waals surface area contributed by atoms with E-state index >= 15 is 0 Å². The van der Waals surface area contributed by atoms with E-state index in [0.717, 1.165) is 12.8 Å². The Kier molecular flexibility index (Phi) is 4.77. The second-order valence-electron chi connectivity index (χ2n) is 5.66. The molecule has 6 nitrogen and oxygen atoms in total. The van der Waals surface area contributed by atoms with Gasteiger partial charge in [-0.25, -0.2) is 0 Å². The molecule has 1 atom stereocenters. The van der Waals surface area contributed by atoms with Gasteiger partial charge in [-0.2, -0.15) is 0 Å². The molecule has 0 aliphatic heterocycles. The third kappa shape index (κ3) is 3.51. The zero-order chi connectivity index (χ0) is 15.4. The van der Waals surface area contributed by atoms with Gasteiger partial charge < -0.3 is 11.1 Å². The summed E-state index contributed by atoms with van der Waals surface area (Å²) < 4.78 is 0. The number of nitrogens with two attached hydrogens (primary N) is 1. The molecular weight excluding hydrogens is 270 g/mol. The van der Waals surface area contributed by atoms with Crippen LogP contribution in [0.5, 0.6) is 0 Å².